The molecule has 1 aromatic carbocycles. The fourth-order valence-corrected chi connectivity index (χ4v) is 1.91. The summed E-state index contributed by atoms with van der Waals surface area (Å²) < 4.78 is 5.12. The largest absolute Gasteiger partial charge is 0.497 e. The minimum atomic E-state index is 0.878. The van der Waals surface area contributed by atoms with Crippen LogP contribution < -0.4 is 4.74 Å². The lowest BCUT2D eigenvalue weighted by molar-refractivity contribution is 0.160. The van der Waals surface area contributed by atoms with Crippen LogP contribution in [0.2, 0.25) is 0 Å². The molecule has 0 amide bonds. The molecular weight excluding hydrogens is 238 g/mol. The molecule has 4 heteroatoms. The van der Waals surface area contributed by atoms with Gasteiger partial charge < -0.3 is 9.64 Å². The summed E-state index contributed by atoms with van der Waals surface area (Å²) in [4.78, 5) is 2.32. The third kappa shape index (κ3) is 4.41. The SMILES string of the molecule is COc1ccc(/C=C/C=N/N2CCN(C)CC2)cc1. The molecule has 19 heavy (non-hydrogen) atoms. The van der Waals surface area contributed by atoms with Gasteiger partial charge in [-0.25, -0.2) is 0 Å². The second-order valence-corrected chi connectivity index (χ2v) is 4.65. The van der Waals surface area contributed by atoms with Gasteiger partial charge in [-0.15, -0.1) is 0 Å². The number of piperazine rings is 1. The molecule has 1 aromatic rings. The van der Waals surface area contributed by atoms with Crippen molar-refractivity contribution in [3.05, 3.63) is 35.9 Å². The maximum absolute atomic E-state index is 5.12. The summed E-state index contributed by atoms with van der Waals surface area (Å²) in [5.74, 6) is 0.878. The van der Waals surface area contributed by atoms with Crippen LogP contribution in [0.25, 0.3) is 6.08 Å². The number of ether oxygens (including phenoxy) is 1. The van der Waals surface area contributed by atoms with Crippen LogP contribution in [-0.4, -0.2) is 56.5 Å². The van der Waals surface area contributed by atoms with E-state index in [1.807, 2.05) is 42.6 Å². The van der Waals surface area contributed by atoms with E-state index in [4.69, 9.17) is 4.74 Å². The van der Waals surface area contributed by atoms with Crippen LogP contribution in [0.1, 0.15) is 5.56 Å². The molecule has 0 spiro atoms. The number of rotatable bonds is 4. The highest BCUT2D eigenvalue weighted by molar-refractivity contribution is 5.78. The van der Waals surface area contributed by atoms with E-state index in [1.165, 1.54) is 0 Å². The summed E-state index contributed by atoms with van der Waals surface area (Å²) >= 11 is 0. The van der Waals surface area contributed by atoms with Crippen molar-refractivity contribution in [2.75, 3.05) is 40.3 Å². The molecule has 1 saturated heterocycles. The smallest absolute Gasteiger partial charge is 0.118 e. The zero-order chi connectivity index (χ0) is 13.5. The van der Waals surface area contributed by atoms with Gasteiger partial charge in [0.25, 0.3) is 0 Å². The maximum atomic E-state index is 5.12. The number of allylic oxidation sites excluding steroid dienone is 1. The Balaban J connectivity index is 1.81. The fourth-order valence-electron chi connectivity index (χ4n) is 1.91. The highest BCUT2D eigenvalue weighted by Gasteiger charge is 2.10. The second kappa shape index (κ2) is 6.95. The molecule has 0 unspecified atom stereocenters. The maximum Gasteiger partial charge on any atom is 0.118 e. The number of hydrogen-bond donors (Lipinski definition) is 0. The van der Waals surface area contributed by atoms with E-state index in [0.29, 0.717) is 0 Å². The third-order valence-electron chi connectivity index (χ3n) is 3.20. The Morgan fingerprint density at radius 3 is 2.42 bits per heavy atom. The fraction of sp³-hybridized carbons (Fsp3) is 0.400. The molecule has 1 aliphatic heterocycles. The van der Waals surface area contributed by atoms with Crippen molar-refractivity contribution in [1.82, 2.24) is 9.91 Å². The Labute approximate surface area is 115 Å². The summed E-state index contributed by atoms with van der Waals surface area (Å²) in [6.45, 7) is 4.17. The predicted molar refractivity (Wildman–Crippen MR) is 79.6 cm³/mol. The molecule has 1 fully saturated rings. The lowest BCUT2D eigenvalue weighted by Gasteiger charge is -2.30. The van der Waals surface area contributed by atoms with Gasteiger partial charge in [0.05, 0.1) is 7.11 Å². The Kier molecular flexibility index (Phi) is 4.98. The summed E-state index contributed by atoms with van der Waals surface area (Å²) in [6.07, 6.45) is 5.87. The quantitative estimate of drug-likeness (QED) is 0.774. The molecule has 1 heterocycles. The van der Waals surface area contributed by atoms with Crippen LogP contribution >= 0.6 is 0 Å². The summed E-state index contributed by atoms with van der Waals surface area (Å²) in [5.41, 5.74) is 1.14. The Morgan fingerprint density at radius 2 is 1.79 bits per heavy atom. The lowest BCUT2D eigenvalue weighted by Crippen LogP contribution is -2.41. The third-order valence-corrected chi connectivity index (χ3v) is 3.20. The van der Waals surface area contributed by atoms with Crippen molar-refractivity contribution in [3.63, 3.8) is 0 Å². The van der Waals surface area contributed by atoms with E-state index in [2.05, 4.69) is 22.1 Å². The minimum Gasteiger partial charge on any atom is -0.497 e. The van der Waals surface area contributed by atoms with Gasteiger partial charge in [-0.2, -0.15) is 5.10 Å². The number of likely N-dealkylation sites (N-methyl/N-ethyl adjacent to an activating group) is 1. The molecular formula is C15H21N3O. The van der Waals surface area contributed by atoms with E-state index in [9.17, 15) is 0 Å². The highest BCUT2D eigenvalue weighted by atomic mass is 16.5. The van der Waals surface area contributed by atoms with Gasteiger partial charge in [0.2, 0.25) is 0 Å². The van der Waals surface area contributed by atoms with Crippen molar-refractivity contribution >= 4 is 12.3 Å². The van der Waals surface area contributed by atoms with Crippen LogP contribution in [0.3, 0.4) is 0 Å². The van der Waals surface area contributed by atoms with Gasteiger partial charge in [0, 0.05) is 32.4 Å². The van der Waals surface area contributed by atoms with E-state index >= 15 is 0 Å². The Hall–Kier alpha value is -1.81. The normalized spacial score (nSPS) is 17.5. The molecule has 1 aliphatic rings. The van der Waals surface area contributed by atoms with Crippen molar-refractivity contribution in [2.24, 2.45) is 5.10 Å². The van der Waals surface area contributed by atoms with E-state index in [1.54, 1.807) is 7.11 Å². The predicted octanol–water partition coefficient (Wildman–Crippen LogP) is 1.94. The van der Waals surface area contributed by atoms with Gasteiger partial charge in [-0.3, -0.25) is 5.01 Å². The number of benzene rings is 1. The van der Waals surface area contributed by atoms with Crippen LogP contribution in [0.4, 0.5) is 0 Å². The topological polar surface area (TPSA) is 28.1 Å². The molecule has 0 aliphatic carbocycles. The summed E-state index contributed by atoms with van der Waals surface area (Å²) in [5, 5.41) is 6.55. The Morgan fingerprint density at radius 1 is 1.11 bits per heavy atom. The van der Waals surface area contributed by atoms with E-state index < -0.39 is 0 Å². The van der Waals surface area contributed by atoms with Gasteiger partial charge in [0.15, 0.2) is 0 Å². The zero-order valence-corrected chi connectivity index (χ0v) is 11.6. The Bertz CT molecular complexity index is 431. The average Bonchev–Trinajstić information content (AvgIpc) is 2.46. The molecule has 4 nitrogen and oxygen atoms in total. The number of hydrogen-bond acceptors (Lipinski definition) is 4. The monoisotopic (exact) mass is 259 g/mol. The first-order valence-electron chi connectivity index (χ1n) is 6.56. The van der Waals surface area contributed by atoms with E-state index in [-0.39, 0.29) is 0 Å². The van der Waals surface area contributed by atoms with Gasteiger partial charge in [0.1, 0.15) is 5.75 Å². The molecule has 0 radical (unpaired) electrons. The van der Waals surface area contributed by atoms with Crippen LogP contribution in [0.15, 0.2) is 35.4 Å². The molecule has 0 atom stereocenters. The zero-order valence-electron chi connectivity index (χ0n) is 11.6. The van der Waals surface area contributed by atoms with Gasteiger partial charge in [-0.1, -0.05) is 18.2 Å². The first kappa shape index (κ1) is 13.6. The number of methoxy groups -OCH3 is 1. The average molecular weight is 259 g/mol. The molecule has 0 bridgehead atoms. The van der Waals surface area contributed by atoms with Crippen LogP contribution in [0.5, 0.6) is 5.75 Å². The number of hydrazone groups is 1. The minimum absolute atomic E-state index is 0.878. The second-order valence-electron chi connectivity index (χ2n) is 4.65. The highest BCUT2D eigenvalue weighted by Crippen LogP contribution is 2.11. The van der Waals surface area contributed by atoms with Crippen molar-refractivity contribution in [1.29, 1.82) is 0 Å². The number of nitrogens with zero attached hydrogens (tertiary/aromatic N) is 3. The molecule has 0 N–H and O–H groups in total. The standard InChI is InChI=1S/C15H21N3O/c1-17-10-12-18(13-11-17)16-9-3-4-14-5-7-15(19-2)8-6-14/h3-9H,10-13H2,1-2H3/b4-3+,16-9+. The lowest BCUT2D eigenvalue weighted by atomic mass is 10.2. The van der Waals surface area contributed by atoms with Crippen LogP contribution in [-0.2, 0) is 0 Å². The molecule has 102 valence electrons. The van der Waals surface area contributed by atoms with Gasteiger partial charge >= 0.3 is 0 Å². The first-order chi connectivity index (χ1) is 9.28. The van der Waals surface area contributed by atoms with Crippen molar-refractivity contribution in [2.45, 2.75) is 0 Å². The van der Waals surface area contributed by atoms with E-state index in [0.717, 1.165) is 37.5 Å². The molecule has 2 rings (SSSR count). The summed E-state index contributed by atoms with van der Waals surface area (Å²) in [6, 6.07) is 7.96. The van der Waals surface area contributed by atoms with Crippen LogP contribution in [0, 0.1) is 0 Å². The molecule has 0 saturated carbocycles. The first-order valence-corrected chi connectivity index (χ1v) is 6.56. The van der Waals surface area contributed by atoms with Crippen molar-refractivity contribution in [3.8, 4) is 5.75 Å². The van der Waals surface area contributed by atoms with Crippen molar-refractivity contribution < 1.29 is 4.74 Å². The summed E-state index contributed by atoms with van der Waals surface area (Å²) in [7, 11) is 3.82. The van der Waals surface area contributed by atoms with Gasteiger partial charge in [-0.05, 0) is 30.8 Å². The molecule has 0 aromatic heterocycles.